The Balaban J connectivity index is 2.93. The summed E-state index contributed by atoms with van der Waals surface area (Å²) in [5.41, 5.74) is 0.681. The molecule has 2 N–H and O–H groups in total. The molecule has 0 fully saturated rings. The Hall–Kier alpha value is -2.22. The molecule has 0 spiro atoms. The zero-order chi connectivity index (χ0) is 15.3. The van der Waals surface area contributed by atoms with Gasteiger partial charge in [0.05, 0.1) is 18.4 Å². The predicted octanol–water partition coefficient (Wildman–Crippen LogP) is 2.28. The van der Waals surface area contributed by atoms with Crippen molar-refractivity contribution in [3.8, 4) is 11.8 Å². The summed E-state index contributed by atoms with van der Waals surface area (Å²) in [5.74, 6) is 0.409. The van der Waals surface area contributed by atoms with Gasteiger partial charge in [0.25, 0.3) is 0 Å². The van der Waals surface area contributed by atoms with Crippen molar-refractivity contribution in [1.82, 2.24) is 5.32 Å². The number of para-hydroxylation sites is 1. The van der Waals surface area contributed by atoms with Gasteiger partial charge in [0.15, 0.2) is 0 Å². The highest BCUT2D eigenvalue weighted by Crippen LogP contribution is 2.28. The zero-order valence-electron chi connectivity index (χ0n) is 12.6. The summed E-state index contributed by atoms with van der Waals surface area (Å²) in [5, 5.41) is 15.1. The average molecular weight is 275 g/mol. The molecular formula is C15H21N3O2. The Morgan fingerprint density at radius 3 is 2.55 bits per heavy atom. The molecule has 1 aromatic carbocycles. The van der Waals surface area contributed by atoms with Crippen molar-refractivity contribution in [2.45, 2.75) is 39.3 Å². The van der Waals surface area contributed by atoms with Crippen molar-refractivity contribution in [1.29, 1.82) is 5.26 Å². The lowest BCUT2D eigenvalue weighted by atomic mass is 10.1. The molecule has 0 saturated carbocycles. The molecule has 0 radical (unpaired) electrons. The number of carbonyl (C=O) groups excluding carboxylic acids is 1. The van der Waals surface area contributed by atoms with Crippen molar-refractivity contribution in [2.24, 2.45) is 0 Å². The minimum absolute atomic E-state index is 0.132. The lowest BCUT2D eigenvalue weighted by Gasteiger charge is -2.24. The van der Waals surface area contributed by atoms with E-state index in [2.05, 4.69) is 16.7 Å². The van der Waals surface area contributed by atoms with Crippen molar-refractivity contribution >= 4 is 11.6 Å². The maximum absolute atomic E-state index is 12.1. The Labute approximate surface area is 119 Å². The second-order valence-corrected chi connectivity index (χ2v) is 5.60. The number of methoxy groups -OCH3 is 1. The van der Waals surface area contributed by atoms with Crippen LogP contribution in [-0.2, 0) is 4.79 Å². The molecule has 1 amide bonds. The van der Waals surface area contributed by atoms with Gasteiger partial charge in [-0.05, 0) is 39.8 Å². The summed E-state index contributed by atoms with van der Waals surface area (Å²) in [6.45, 7) is 7.50. The van der Waals surface area contributed by atoms with Crippen molar-refractivity contribution < 1.29 is 9.53 Å². The van der Waals surface area contributed by atoms with Crippen LogP contribution in [0.3, 0.4) is 0 Å². The first-order valence-electron chi connectivity index (χ1n) is 6.44. The largest absolute Gasteiger partial charge is 0.495 e. The van der Waals surface area contributed by atoms with Gasteiger partial charge in [-0.3, -0.25) is 4.79 Å². The van der Waals surface area contributed by atoms with E-state index in [4.69, 9.17) is 10.00 Å². The van der Waals surface area contributed by atoms with Gasteiger partial charge < -0.3 is 15.4 Å². The second kappa shape index (κ2) is 6.29. The molecule has 0 aliphatic rings. The van der Waals surface area contributed by atoms with Gasteiger partial charge in [0.1, 0.15) is 17.9 Å². The lowest BCUT2D eigenvalue weighted by Crippen LogP contribution is -2.47. The number of nitrogens with one attached hydrogen (secondary N) is 2. The summed E-state index contributed by atoms with van der Waals surface area (Å²) in [7, 11) is 1.53. The molecule has 1 atom stereocenters. The van der Waals surface area contributed by atoms with Crippen molar-refractivity contribution in [2.75, 3.05) is 12.4 Å². The third-order valence-corrected chi connectivity index (χ3v) is 2.62. The van der Waals surface area contributed by atoms with Crippen LogP contribution in [0.4, 0.5) is 5.69 Å². The second-order valence-electron chi connectivity index (χ2n) is 5.60. The number of anilines is 1. The van der Waals surface area contributed by atoms with E-state index in [0.717, 1.165) is 0 Å². The number of hydrogen-bond acceptors (Lipinski definition) is 4. The fraction of sp³-hybridized carbons (Fsp3) is 0.467. The summed E-state index contributed by atoms with van der Waals surface area (Å²) in [6.07, 6.45) is 0. The number of carbonyl (C=O) groups is 1. The number of amides is 1. The van der Waals surface area contributed by atoms with Gasteiger partial charge in [-0.1, -0.05) is 6.07 Å². The van der Waals surface area contributed by atoms with Crippen LogP contribution in [0, 0.1) is 11.3 Å². The molecule has 0 aromatic heterocycles. The standard InChI is InChI=1S/C15H21N3O2/c1-10(14(19)18-15(2,3)4)17-13-11(9-16)7-6-8-12(13)20-5/h6-8,10,17H,1-5H3,(H,18,19). The van der Waals surface area contributed by atoms with E-state index in [0.29, 0.717) is 17.0 Å². The fourth-order valence-electron chi connectivity index (χ4n) is 1.70. The number of nitrogens with zero attached hydrogens (tertiary/aromatic N) is 1. The van der Waals surface area contributed by atoms with E-state index < -0.39 is 6.04 Å². The molecular weight excluding hydrogens is 254 g/mol. The minimum Gasteiger partial charge on any atom is -0.495 e. The monoisotopic (exact) mass is 275 g/mol. The first kappa shape index (κ1) is 15.8. The maximum atomic E-state index is 12.1. The van der Waals surface area contributed by atoms with Gasteiger partial charge in [-0.2, -0.15) is 5.26 Å². The van der Waals surface area contributed by atoms with Gasteiger partial charge in [-0.25, -0.2) is 0 Å². The van der Waals surface area contributed by atoms with E-state index >= 15 is 0 Å². The molecule has 1 aromatic rings. The van der Waals surface area contributed by atoms with E-state index in [1.165, 1.54) is 7.11 Å². The van der Waals surface area contributed by atoms with Crippen LogP contribution in [0.15, 0.2) is 18.2 Å². The third kappa shape index (κ3) is 4.16. The number of hydrogen-bond donors (Lipinski definition) is 2. The fourth-order valence-corrected chi connectivity index (χ4v) is 1.70. The maximum Gasteiger partial charge on any atom is 0.242 e. The SMILES string of the molecule is COc1cccc(C#N)c1NC(C)C(=O)NC(C)(C)C. The highest BCUT2D eigenvalue weighted by molar-refractivity contribution is 5.86. The van der Waals surface area contributed by atoms with E-state index in [1.54, 1.807) is 25.1 Å². The molecule has 0 aliphatic heterocycles. The van der Waals surface area contributed by atoms with Gasteiger partial charge in [-0.15, -0.1) is 0 Å². The minimum atomic E-state index is -0.474. The van der Waals surface area contributed by atoms with Gasteiger partial charge in [0.2, 0.25) is 5.91 Å². The quantitative estimate of drug-likeness (QED) is 0.884. The topological polar surface area (TPSA) is 74.1 Å². The van der Waals surface area contributed by atoms with Crippen LogP contribution in [-0.4, -0.2) is 24.6 Å². The number of benzene rings is 1. The van der Waals surface area contributed by atoms with E-state index in [9.17, 15) is 4.79 Å². The molecule has 5 heteroatoms. The Morgan fingerprint density at radius 1 is 1.40 bits per heavy atom. The number of ether oxygens (including phenoxy) is 1. The Kier molecular flexibility index (Phi) is 4.98. The highest BCUT2D eigenvalue weighted by Gasteiger charge is 2.21. The van der Waals surface area contributed by atoms with Crippen molar-refractivity contribution in [3.63, 3.8) is 0 Å². The van der Waals surface area contributed by atoms with Crippen LogP contribution in [0.2, 0.25) is 0 Å². The normalized spacial score (nSPS) is 12.2. The van der Waals surface area contributed by atoms with Crippen LogP contribution < -0.4 is 15.4 Å². The molecule has 0 heterocycles. The van der Waals surface area contributed by atoms with Gasteiger partial charge in [0, 0.05) is 5.54 Å². The summed E-state index contributed by atoms with van der Waals surface area (Å²) in [4.78, 5) is 12.1. The van der Waals surface area contributed by atoms with Crippen LogP contribution in [0.25, 0.3) is 0 Å². The third-order valence-electron chi connectivity index (χ3n) is 2.62. The molecule has 5 nitrogen and oxygen atoms in total. The van der Waals surface area contributed by atoms with E-state index in [1.807, 2.05) is 20.8 Å². The Bertz CT molecular complexity index is 527. The molecule has 0 saturated heterocycles. The smallest absolute Gasteiger partial charge is 0.242 e. The molecule has 0 bridgehead atoms. The average Bonchev–Trinajstić information content (AvgIpc) is 2.36. The molecule has 1 unspecified atom stereocenters. The number of nitriles is 1. The number of rotatable bonds is 4. The lowest BCUT2D eigenvalue weighted by molar-refractivity contribution is -0.122. The molecule has 1 rings (SSSR count). The zero-order valence-corrected chi connectivity index (χ0v) is 12.6. The first-order chi connectivity index (χ1) is 9.28. The van der Waals surface area contributed by atoms with Crippen molar-refractivity contribution in [3.05, 3.63) is 23.8 Å². The summed E-state index contributed by atoms with van der Waals surface area (Å²) < 4.78 is 5.22. The Morgan fingerprint density at radius 2 is 2.05 bits per heavy atom. The van der Waals surface area contributed by atoms with Gasteiger partial charge >= 0.3 is 0 Å². The highest BCUT2D eigenvalue weighted by atomic mass is 16.5. The predicted molar refractivity (Wildman–Crippen MR) is 78.7 cm³/mol. The molecule has 0 aliphatic carbocycles. The van der Waals surface area contributed by atoms with Crippen LogP contribution >= 0.6 is 0 Å². The van der Waals surface area contributed by atoms with Crippen LogP contribution in [0.5, 0.6) is 5.75 Å². The first-order valence-corrected chi connectivity index (χ1v) is 6.44. The summed E-state index contributed by atoms with van der Waals surface area (Å²) >= 11 is 0. The van der Waals surface area contributed by atoms with E-state index in [-0.39, 0.29) is 11.4 Å². The van der Waals surface area contributed by atoms with Crippen LogP contribution in [0.1, 0.15) is 33.3 Å². The molecule has 20 heavy (non-hydrogen) atoms. The summed E-state index contributed by atoms with van der Waals surface area (Å²) in [6, 6.07) is 6.78. The molecule has 108 valence electrons.